The maximum Gasteiger partial charge on any atom is 0.193 e. The van der Waals surface area contributed by atoms with Crippen LogP contribution in [0.3, 0.4) is 0 Å². The van der Waals surface area contributed by atoms with Gasteiger partial charge in [0.2, 0.25) is 0 Å². The van der Waals surface area contributed by atoms with Crippen molar-refractivity contribution in [3.63, 3.8) is 0 Å². The molecule has 0 N–H and O–H groups in total. The average Bonchev–Trinajstić information content (AvgIpc) is 3.60. The quantitative estimate of drug-likeness (QED) is 0.216. The number of para-hydroxylation sites is 2. The molecular formula is C37H24N2O. The number of carbonyl (C=O) groups excluding carboxylic acids is 1. The summed E-state index contributed by atoms with van der Waals surface area (Å²) >= 11 is 0. The van der Waals surface area contributed by atoms with Crippen molar-refractivity contribution in [1.82, 2.24) is 9.13 Å². The van der Waals surface area contributed by atoms with Gasteiger partial charge in [-0.25, -0.2) is 0 Å². The monoisotopic (exact) mass is 512 g/mol. The fourth-order valence-electron chi connectivity index (χ4n) is 6.06. The van der Waals surface area contributed by atoms with Crippen LogP contribution in [0, 0.1) is 0 Å². The van der Waals surface area contributed by atoms with Gasteiger partial charge in [0.15, 0.2) is 5.78 Å². The maximum atomic E-state index is 13.6. The molecule has 0 unspecified atom stereocenters. The molecule has 40 heavy (non-hydrogen) atoms. The van der Waals surface area contributed by atoms with E-state index in [1.54, 1.807) is 0 Å². The second-order valence-electron chi connectivity index (χ2n) is 10.2. The van der Waals surface area contributed by atoms with E-state index in [0.717, 1.165) is 33.2 Å². The molecule has 0 atom stereocenters. The molecule has 6 aromatic carbocycles. The van der Waals surface area contributed by atoms with Gasteiger partial charge in [-0.05, 0) is 65.4 Å². The van der Waals surface area contributed by atoms with Crippen molar-refractivity contribution in [2.75, 3.05) is 0 Å². The Balaban J connectivity index is 1.31. The van der Waals surface area contributed by atoms with E-state index in [1.165, 1.54) is 21.7 Å². The number of hydrogen-bond donors (Lipinski definition) is 0. The second-order valence-corrected chi connectivity index (χ2v) is 10.2. The molecule has 0 fully saturated rings. The lowest BCUT2D eigenvalue weighted by Crippen LogP contribution is -2.03. The first-order valence-corrected chi connectivity index (χ1v) is 13.5. The number of rotatable bonds is 4. The Labute approximate surface area is 231 Å². The fourth-order valence-corrected chi connectivity index (χ4v) is 6.06. The second kappa shape index (κ2) is 8.82. The topological polar surface area (TPSA) is 26.9 Å². The van der Waals surface area contributed by atoms with Gasteiger partial charge in [0.25, 0.3) is 0 Å². The molecule has 2 aromatic heterocycles. The molecule has 0 spiro atoms. The van der Waals surface area contributed by atoms with Gasteiger partial charge in [0.05, 0.1) is 16.6 Å². The predicted molar refractivity (Wildman–Crippen MR) is 165 cm³/mol. The highest BCUT2D eigenvalue weighted by Crippen LogP contribution is 2.38. The highest BCUT2D eigenvalue weighted by molar-refractivity contribution is 6.21. The Kier molecular flexibility index (Phi) is 4.98. The third-order valence-corrected chi connectivity index (χ3v) is 7.92. The fraction of sp³-hybridized carbons (Fsp3) is 0. The van der Waals surface area contributed by atoms with Gasteiger partial charge >= 0.3 is 0 Å². The third-order valence-electron chi connectivity index (χ3n) is 7.92. The van der Waals surface area contributed by atoms with Crippen LogP contribution in [0.15, 0.2) is 146 Å². The Hall–Kier alpha value is -5.41. The normalized spacial score (nSPS) is 11.6. The van der Waals surface area contributed by atoms with Crippen molar-refractivity contribution >= 4 is 49.3 Å². The molecule has 0 aliphatic carbocycles. The molecule has 8 aromatic rings. The van der Waals surface area contributed by atoms with Crippen LogP contribution in [0.1, 0.15) is 15.9 Å². The SMILES string of the molecule is O=C(c1cccc(-n2c3ccccc3c3c4ccn(-c5ccccc5)c4ccc32)c1)c1ccc2ccccc2c1. The Morgan fingerprint density at radius 3 is 2.08 bits per heavy atom. The number of benzene rings is 6. The van der Waals surface area contributed by atoms with Gasteiger partial charge in [-0.15, -0.1) is 0 Å². The zero-order chi connectivity index (χ0) is 26.6. The van der Waals surface area contributed by atoms with Crippen molar-refractivity contribution < 1.29 is 4.79 Å². The van der Waals surface area contributed by atoms with Crippen LogP contribution < -0.4 is 0 Å². The smallest absolute Gasteiger partial charge is 0.193 e. The summed E-state index contributed by atoms with van der Waals surface area (Å²) in [5.74, 6) is 0.0238. The Morgan fingerprint density at radius 2 is 1.18 bits per heavy atom. The minimum Gasteiger partial charge on any atom is -0.317 e. The summed E-state index contributed by atoms with van der Waals surface area (Å²) in [6.07, 6.45) is 2.15. The summed E-state index contributed by atoms with van der Waals surface area (Å²) in [5, 5.41) is 5.82. The van der Waals surface area contributed by atoms with Crippen molar-refractivity contribution in [2.45, 2.75) is 0 Å². The molecule has 0 saturated heterocycles. The third kappa shape index (κ3) is 3.41. The van der Waals surface area contributed by atoms with Crippen molar-refractivity contribution in [3.8, 4) is 11.4 Å². The van der Waals surface area contributed by atoms with Gasteiger partial charge in [-0.1, -0.05) is 84.9 Å². The molecule has 3 heteroatoms. The van der Waals surface area contributed by atoms with Crippen LogP contribution in [0.2, 0.25) is 0 Å². The van der Waals surface area contributed by atoms with Crippen LogP contribution in [-0.2, 0) is 0 Å². The lowest BCUT2D eigenvalue weighted by Gasteiger charge is -2.11. The number of carbonyl (C=O) groups is 1. The molecular weight excluding hydrogens is 488 g/mol. The van der Waals surface area contributed by atoms with Gasteiger partial charge in [-0.2, -0.15) is 0 Å². The molecule has 0 saturated carbocycles. The van der Waals surface area contributed by atoms with E-state index < -0.39 is 0 Å². The molecule has 2 heterocycles. The van der Waals surface area contributed by atoms with Crippen LogP contribution >= 0.6 is 0 Å². The standard InChI is InChI=1S/C37H24N2O/c40-37(28-18-17-25-9-4-5-10-26(25)23-28)27-11-8-14-30(24-27)39-34-16-7-6-15-31(34)36-32-21-22-38(29-12-2-1-3-13-29)33(32)19-20-35(36)39/h1-24H. The number of nitrogens with zero attached hydrogens (tertiary/aromatic N) is 2. The van der Waals surface area contributed by atoms with Crippen molar-refractivity contribution in [2.24, 2.45) is 0 Å². The first-order valence-electron chi connectivity index (χ1n) is 13.5. The molecule has 0 bridgehead atoms. The van der Waals surface area contributed by atoms with E-state index >= 15 is 0 Å². The van der Waals surface area contributed by atoms with Crippen molar-refractivity contribution in [3.05, 3.63) is 157 Å². The largest absolute Gasteiger partial charge is 0.317 e. The molecule has 0 aliphatic rings. The van der Waals surface area contributed by atoms with Crippen LogP contribution in [0.4, 0.5) is 0 Å². The summed E-state index contributed by atoms with van der Waals surface area (Å²) in [6.45, 7) is 0. The molecule has 8 rings (SSSR count). The lowest BCUT2D eigenvalue weighted by atomic mass is 9.99. The zero-order valence-electron chi connectivity index (χ0n) is 21.7. The van der Waals surface area contributed by atoms with Crippen LogP contribution in [-0.4, -0.2) is 14.9 Å². The summed E-state index contributed by atoms with van der Waals surface area (Å²) in [7, 11) is 0. The molecule has 0 aliphatic heterocycles. The summed E-state index contributed by atoms with van der Waals surface area (Å²) in [4.78, 5) is 13.6. The van der Waals surface area contributed by atoms with E-state index in [-0.39, 0.29) is 5.78 Å². The van der Waals surface area contributed by atoms with E-state index in [4.69, 9.17) is 0 Å². The Bertz CT molecular complexity index is 2230. The highest BCUT2D eigenvalue weighted by atomic mass is 16.1. The molecule has 0 radical (unpaired) electrons. The van der Waals surface area contributed by atoms with E-state index in [1.807, 2.05) is 60.7 Å². The maximum absolute atomic E-state index is 13.6. The first-order chi connectivity index (χ1) is 19.8. The first kappa shape index (κ1) is 22.6. The van der Waals surface area contributed by atoms with Crippen LogP contribution in [0.5, 0.6) is 0 Å². The molecule has 188 valence electrons. The highest BCUT2D eigenvalue weighted by Gasteiger charge is 2.18. The van der Waals surface area contributed by atoms with Crippen LogP contribution in [0.25, 0.3) is 54.9 Å². The summed E-state index contributed by atoms with van der Waals surface area (Å²) in [5.41, 5.74) is 6.89. The summed E-state index contributed by atoms with van der Waals surface area (Å²) in [6, 6.07) is 47.6. The van der Waals surface area contributed by atoms with Gasteiger partial charge in [0, 0.05) is 44.9 Å². The lowest BCUT2D eigenvalue weighted by molar-refractivity contribution is 0.103. The average molecular weight is 513 g/mol. The Morgan fingerprint density at radius 1 is 0.475 bits per heavy atom. The van der Waals surface area contributed by atoms with E-state index in [2.05, 4.69) is 94.2 Å². The minimum atomic E-state index is 0.0238. The van der Waals surface area contributed by atoms with Crippen molar-refractivity contribution in [1.29, 1.82) is 0 Å². The van der Waals surface area contributed by atoms with Gasteiger partial charge in [0.1, 0.15) is 0 Å². The van der Waals surface area contributed by atoms with Gasteiger partial charge in [-0.3, -0.25) is 4.79 Å². The molecule has 3 nitrogen and oxygen atoms in total. The number of ketones is 1. The minimum absolute atomic E-state index is 0.0238. The zero-order valence-corrected chi connectivity index (χ0v) is 21.7. The number of fused-ring (bicyclic) bond motifs is 6. The number of hydrogen-bond acceptors (Lipinski definition) is 1. The summed E-state index contributed by atoms with van der Waals surface area (Å²) < 4.78 is 4.52. The predicted octanol–water partition coefficient (Wildman–Crippen LogP) is 9.11. The molecule has 0 amide bonds. The van der Waals surface area contributed by atoms with E-state index in [0.29, 0.717) is 11.1 Å². The van der Waals surface area contributed by atoms with Gasteiger partial charge < -0.3 is 9.13 Å². The van der Waals surface area contributed by atoms with E-state index in [9.17, 15) is 4.79 Å². The number of aromatic nitrogens is 2.